The molecule has 1 heterocycles. The summed E-state index contributed by atoms with van der Waals surface area (Å²) < 4.78 is 36.8. The van der Waals surface area contributed by atoms with Gasteiger partial charge in [0.15, 0.2) is 9.84 Å². The summed E-state index contributed by atoms with van der Waals surface area (Å²) in [4.78, 5) is 25.7. The van der Waals surface area contributed by atoms with Crippen LogP contribution in [0.5, 0.6) is 0 Å². The fourth-order valence-corrected chi connectivity index (χ4v) is 6.26. The molecule has 1 aliphatic rings. The van der Waals surface area contributed by atoms with Crippen molar-refractivity contribution < 1.29 is 27.5 Å². The zero-order chi connectivity index (χ0) is 32.4. The molecule has 228 valence electrons. The number of hydrogen-bond donors (Lipinski definition) is 0. The molecule has 1 aliphatic heterocycles. The maximum atomic E-state index is 13.1. The van der Waals surface area contributed by atoms with Crippen molar-refractivity contribution >= 4 is 39.1 Å². The molecule has 0 unspecified atom stereocenters. The van der Waals surface area contributed by atoms with E-state index in [9.17, 15) is 28.5 Å². The molecule has 0 saturated carbocycles. The molecule has 0 spiro atoms. The third kappa shape index (κ3) is 8.33. The van der Waals surface area contributed by atoms with Gasteiger partial charge in [-0.2, -0.15) is 10.5 Å². The van der Waals surface area contributed by atoms with Crippen LogP contribution in [-0.4, -0.2) is 52.4 Å². The second-order valence-electron chi connectivity index (χ2n) is 10.5. The Morgan fingerprint density at radius 3 is 2.05 bits per heavy atom. The van der Waals surface area contributed by atoms with Gasteiger partial charge in [0.25, 0.3) is 0 Å². The molecule has 0 N–H and O–H groups in total. The minimum Gasteiger partial charge on any atom is -0.462 e. The lowest BCUT2D eigenvalue weighted by Gasteiger charge is -2.26. The standard InChI is InChI=1S/C34H35N3O6S/c1-23(2)33(38)42-16-8-14-37(15-9-17-43-34(39)24(3)4)29-13-12-26(25(5)18-29)19-27-22-44(40,41)31-11-7-6-10-30(31)32(27)28(20-35)21-36/h6-7,10-13,18-19H,1,3,8-9,14-17,22H2,2,4-5H3. The number of nitriles is 2. The van der Waals surface area contributed by atoms with E-state index in [1.54, 1.807) is 38.1 Å². The van der Waals surface area contributed by atoms with E-state index in [1.165, 1.54) is 6.07 Å². The Morgan fingerprint density at radius 1 is 0.955 bits per heavy atom. The average molecular weight is 614 g/mol. The summed E-state index contributed by atoms with van der Waals surface area (Å²) in [6, 6.07) is 15.9. The van der Waals surface area contributed by atoms with Crippen LogP contribution in [0.25, 0.3) is 11.6 Å². The Bertz CT molecular complexity index is 1690. The van der Waals surface area contributed by atoms with Crippen molar-refractivity contribution in [2.45, 2.75) is 38.5 Å². The van der Waals surface area contributed by atoms with Gasteiger partial charge in [-0.15, -0.1) is 0 Å². The topological polar surface area (TPSA) is 138 Å². The predicted molar refractivity (Wildman–Crippen MR) is 169 cm³/mol. The first kappa shape index (κ1) is 33.6. The average Bonchev–Trinajstić information content (AvgIpc) is 2.98. The van der Waals surface area contributed by atoms with E-state index in [0.717, 1.165) is 16.8 Å². The molecule has 9 nitrogen and oxygen atoms in total. The molecule has 2 aromatic carbocycles. The van der Waals surface area contributed by atoms with Gasteiger partial charge in [0.2, 0.25) is 0 Å². The van der Waals surface area contributed by atoms with Gasteiger partial charge in [-0.3, -0.25) is 0 Å². The maximum absolute atomic E-state index is 13.1. The Balaban J connectivity index is 1.92. The number of anilines is 1. The highest BCUT2D eigenvalue weighted by molar-refractivity contribution is 7.91. The van der Waals surface area contributed by atoms with Gasteiger partial charge in [0.05, 0.1) is 23.9 Å². The fourth-order valence-electron chi connectivity index (χ4n) is 4.68. The van der Waals surface area contributed by atoms with E-state index in [1.807, 2.05) is 37.3 Å². The van der Waals surface area contributed by atoms with Crippen LogP contribution in [0.3, 0.4) is 0 Å². The number of carbonyl (C=O) groups is 2. The summed E-state index contributed by atoms with van der Waals surface area (Å²) >= 11 is 0. The van der Waals surface area contributed by atoms with E-state index >= 15 is 0 Å². The Hall–Kier alpha value is -4.93. The summed E-state index contributed by atoms with van der Waals surface area (Å²) in [7, 11) is -3.69. The molecule has 0 aliphatic carbocycles. The molecule has 10 heteroatoms. The van der Waals surface area contributed by atoms with Crippen molar-refractivity contribution in [2.24, 2.45) is 0 Å². The monoisotopic (exact) mass is 613 g/mol. The number of carbonyl (C=O) groups excluding carboxylic acids is 2. The van der Waals surface area contributed by atoms with E-state index in [2.05, 4.69) is 18.1 Å². The van der Waals surface area contributed by atoms with Crippen LogP contribution in [0.15, 0.2) is 82.8 Å². The second kappa shape index (κ2) is 15.0. The van der Waals surface area contributed by atoms with Crippen LogP contribution in [0.1, 0.15) is 43.4 Å². The van der Waals surface area contributed by atoms with Crippen molar-refractivity contribution in [1.82, 2.24) is 0 Å². The Morgan fingerprint density at radius 2 is 1.52 bits per heavy atom. The predicted octanol–water partition coefficient (Wildman–Crippen LogP) is 5.49. The lowest BCUT2D eigenvalue weighted by molar-refractivity contribution is -0.139. The highest BCUT2D eigenvalue weighted by Crippen LogP contribution is 2.39. The minimum atomic E-state index is -3.69. The molecule has 0 bridgehead atoms. The number of nitrogens with zero attached hydrogens (tertiary/aromatic N) is 3. The van der Waals surface area contributed by atoms with Crippen molar-refractivity contribution in [2.75, 3.05) is 37.0 Å². The summed E-state index contributed by atoms with van der Waals surface area (Å²) in [6.07, 6.45) is 2.81. The third-order valence-corrected chi connectivity index (χ3v) is 8.61. The zero-order valence-electron chi connectivity index (χ0n) is 25.2. The number of hydrogen-bond acceptors (Lipinski definition) is 9. The highest BCUT2D eigenvalue weighted by atomic mass is 32.2. The largest absolute Gasteiger partial charge is 0.462 e. The van der Waals surface area contributed by atoms with Gasteiger partial charge < -0.3 is 14.4 Å². The SMILES string of the molecule is C=C(C)C(=O)OCCCN(CCCOC(=O)C(=C)C)c1ccc(C=C2CS(=O)(=O)c3ccccc3C2=C(C#N)C#N)c(C)c1. The number of allylic oxidation sites excluding steroid dienone is 2. The first-order valence-corrected chi connectivity index (χ1v) is 15.6. The normalized spacial score (nSPS) is 14.0. The second-order valence-corrected chi connectivity index (χ2v) is 12.4. The molecule has 0 amide bonds. The van der Waals surface area contributed by atoms with Crippen LogP contribution in [-0.2, 0) is 28.9 Å². The van der Waals surface area contributed by atoms with Crippen LogP contribution in [0.2, 0.25) is 0 Å². The summed E-state index contributed by atoms with van der Waals surface area (Å²) in [5.41, 5.74) is 3.96. The number of sulfone groups is 1. The van der Waals surface area contributed by atoms with Gasteiger partial charge in [-0.1, -0.05) is 37.4 Å². The Kier molecular flexibility index (Phi) is 11.4. The molecular formula is C34H35N3O6S. The lowest BCUT2D eigenvalue weighted by atomic mass is 9.92. The molecule has 44 heavy (non-hydrogen) atoms. The minimum absolute atomic E-state index is 0.0979. The Labute approximate surface area is 258 Å². The van der Waals surface area contributed by atoms with Crippen molar-refractivity contribution in [1.29, 1.82) is 10.5 Å². The summed E-state index contributed by atoms with van der Waals surface area (Å²) in [5.74, 6) is -1.24. The smallest absolute Gasteiger partial charge is 0.333 e. The maximum Gasteiger partial charge on any atom is 0.333 e. The van der Waals surface area contributed by atoms with E-state index < -0.39 is 21.8 Å². The van der Waals surface area contributed by atoms with E-state index in [0.29, 0.717) is 53.8 Å². The van der Waals surface area contributed by atoms with Crippen LogP contribution in [0.4, 0.5) is 5.69 Å². The van der Waals surface area contributed by atoms with Crippen molar-refractivity contribution in [3.8, 4) is 12.1 Å². The molecule has 2 aromatic rings. The number of benzene rings is 2. The molecule has 0 fully saturated rings. The summed E-state index contributed by atoms with van der Waals surface area (Å²) in [5, 5.41) is 19.4. The fraction of sp³-hybridized carbons (Fsp3) is 0.294. The van der Waals surface area contributed by atoms with Crippen LogP contribution in [0, 0.1) is 29.6 Å². The summed E-state index contributed by atoms with van der Waals surface area (Å²) in [6.45, 7) is 13.8. The first-order valence-electron chi connectivity index (χ1n) is 14.0. The van der Waals surface area contributed by atoms with Gasteiger partial charge in [-0.05, 0) is 74.6 Å². The number of fused-ring (bicyclic) bond motifs is 1. The number of ether oxygens (including phenoxy) is 2. The lowest BCUT2D eigenvalue weighted by Crippen LogP contribution is -2.28. The van der Waals surface area contributed by atoms with Crippen molar-refractivity contribution in [3.63, 3.8) is 0 Å². The van der Waals surface area contributed by atoms with Gasteiger partial charge in [-0.25, -0.2) is 18.0 Å². The van der Waals surface area contributed by atoms with Gasteiger partial charge in [0.1, 0.15) is 17.7 Å². The highest BCUT2D eigenvalue weighted by Gasteiger charge is 2.32. The number of esters is 2. The van der Waals surface area contributed by atoms with Gasteiger partial charge in [0, 0.05) is 41.1 Å². The van der Waals surface area contributed by atoms with E-state index in [-0.39, 0.29) is 29.4 Å². The third-order valence-electron chi connectivity index (χ3n) is 6.89. The molecule has 0 radical (unpaired) electrons. The first-order chi connectivity index (χ1) is 20.9. The van der Waals surface area contributed by atoms with Gasteiger partial charge >= 0.3 is 11.9 Å². The quantitative estimate of drug-likeness (QED) is 0.132. The molecule has 0 saturated heterocycles. The van der Waals surface area contributed by atoms with Crippen molar-refractivity contribution in [3.05, 3.63) is 94.6 Å². The van der Waals surface area contributed by atoms with E-state index in [4.69, 9.17) is 9.47 Å². The molecule has 0 aromatic heterocycles. The molecular weight excluding hydrogens is 578 g/mol. The number of rotatable bonds is 12. The zero-order valence-corrected chi connectivity index (χ0v) is 26.0. The molecule has 3 rings (SSSR count). The number of aryl methyl sites for hydroxylation is 1. The van der Waals surface area contributed by atoms with Crippen LogP contribution < -0.4 is 4.90 Å². The van der Waals surface area contributed by atoms with Crippen LogP contribution >= 0.6 is 0 Å². The molecule has 0 atom stereocenters.